The Labute approximate surface area is 183 Å². The van der Waals surface area contributed by atoms with Gasteiger partial charge in [-0.1, -0.05) is 6.07 Å². The van der Waals surface area contributed by atoms with E-state index < -0.39 is 30.4 Å². The number of carbonyl (C=O) groups is 4. The molecule has 0 spiro atoms. The summed E-state index contributed by atoms with van der Waals surface area (Å²) >= 11 is 0. The number of ether oxygens (including phenoxy) is 5. The maximum absolute atomic E-state index is 12.2. The van der Waals surface area contributed by atoms with E-state index in [9.17, 15) is 19.2 Å². The summed E-state index contributed by atoms with van der Waals surface area (Å²) in [5.74, 6) is -1.31. The summed E-state index contributed by atoms with van der Waals surface area (Å²) in [7, 11) is 2.38. The van der Waals surface area contributed by atoms with E-state index in [1.807, 2.05) is 6.07 Å². The van der Waals surface area contributed by atoms with E-state index in [1.165, 1.54) is 32.4 Å². The molecule has 0 aromatic heterocycles. The number of nitrogens with one attached hydrogen (secondary N) is 1. The van der Waals surface area contributed by atoms with Crippen molar-refractivity contribution in [1.82, 2.24) is 0 Å². The van der Waals surface area contributed by atoms with E-state index in [-0.39, 0.29) is 30.0 Å². The van der Waals surface area contributed by atoms with Crippen LogP contribution in [0.3, 0.4) is 0 Å². The minimum atomic E-state index is -0.693. The van der Waals surface area contributed by atoms with Crippen LogP contribution in [0.2, 0.25) is 0 Å². The van der Waals surface area contributed by atoms with Crippen molar-refractivity contribution in [2.24, 2.45) is 0 Å². The predicted molar refractivity (Wildman–Crippen MR) is 110 cm³/mol. The molecule has 0 saturated heterocycles. The number of carbonyl (C=O) groups excluding carboxylic acids is 4. The summed E-state index contributed by atoms with van der Waals surface area (Å²) in [6, 6.07) is 9.32. The van der Waals surface area contributed by atoms with E-state index in [4.69, 9.17) is 14.2 Å². The van der Waals surface area contributed by atoms with Crippen LogP contribution >= 0.6 is 0 Å². The minimum absolute atomic E-state index is 0.0476. The van der Waals surface area contributed by atoms with E-state index in [2.05, 4.69) is 14.8 Å². The van der Waals surface area contributed by atoms with Crippen molar-refractivity contribution in [2.75, 3.05) is 32.9 Å². The monoisotopic (exact) mass is 443 g/mol. The SMILES string of the molecule is COC(=O)c1cc(NC(=O)COC(=O)CCc2ccc3c(c2)OCO3)cc(C(=O)OC)c1. The van der Waals surface area contributed by atoms with Gasteiger partial charge >= 0.3 is 17.9 Å². The number of rotatable bonds is 8. The van der Waals surface area contributed by atoms with Gasteiger partial charge in [0, 0.05) is 12.1 Å². The van der Waals surface area contributed by atoms with Gasteiger partial charge in [0.05, 0.1) is 25.3 Å². The zero-order chi connectivity index (χ0) is 23.1. The molecule has 168 valence electrons. The highest BCUT2D eigenvalue weighted by atomic mass is 16.7. The molecule has 0 saturated carbocycles. The molecule has 1 heterocycles. The Morgan fingerprint density at radius 3 is 2.22 bits per heavy atom. The summed E-state index contributed by atoms with van der Waals surface area (Å²) in [5.41, 5.74) is 1.11. The van der Waals surface area contributed by atoms with Crippen molar-refractivity contribution in [1.29, 1.82) is 0 Å². The maximum Gasteiger partial charge on any atom is 0.337 e. The van der Waals surface area contributed by atoms with Crippen molar-refractivity contribution in [3.8, 4) is 11.5 Å². The molecule has 1 N–H and O–H groups in total. The number of amides is 1. The third kappa shape index (κ3) is 5.75. The van der Waals surface area contributed by atoms with Crippen LogP contribution in [0.4, 0.5) is 5.69 Å². The Hall–Kier alpha value is -4.08. The van der Waals surface area contributed by atoms with Crippen LogP contribution in [-0.4, -0.2) is 51.4 Å². The summed E-state index contributed by atoms with van der Waals surface area (Å²) in [6.45, 7) is -0.365. The second kappa shape index (κ2) is 10.3. The molecule has 1 aliphatic heterocycles. The number of fused-ring (bicyclic) bond motifs is 1. The molecule has 0 fully saturated rings. The molecule has 0 unspecified atom stereocenters. The molecule has 0 aliphatic carbocycles. The number of methoxy groups -OCH3 is 2. The summed E-state index contributed by atoms with van der Waals surface area (Å²) in [5, 5.41) is 2.48. The maximum atomic E-state index is 12.2. The molecule has 10 heteroatoms. The molecule has 1 amide bonds. The van der Waals surface area contributed by atoms with Crippen LogP contribution in [0.1, 0.15) is 32.7 Å². The smallest absolute Gasteiger partial charge is 0.337 e. The van der Waals surface area contributed by atoms with Gasteiger partial charge in [0.15, 0.2) is 18.1 Å². The lowest BCUT2D eigenvalue weighted by Crippen LogP contribution is -2.21. The Kier molecular flexibility index (Phi) is 7.27. The molecule has 2 aromatic rings. The van der Waals surface area contributed by atoms with Crippen LogP contribution in [0.5, 0.6) is 11.5 Å². The van der Waals surface area contributed by atoms with Gasteiger partial charge in [0.25, 0.3) is 5.91 Å². The lowest BCUT2D eigenvalue weighted by molar-refractivity contribution is -0.147. The standard InChI is InChI=1S/C22H21NO9/c1-28-21(26)14-8-15(22(27)29-2)10-16(9-14)23-19(24)11-30-20(25)6-4-13-3-5-17-18(7-13)32-12-31-17/h3,5,7-10H,4,6,11-12H2,1-2H3,(H,23,24). The van der Waals surface area contributed by atoms with Gasteiger partial charge in [-0.05, 0) is 42.3 Å². The fraction of sp³-hybridized carbons (Fsp3) is 0.273. The van der Waals surface area contributed by atoms with Gasteiger partial charge in [-0.3, -0.25) is 9.59 Å². The van der Waals surface area contributed by atoms with Gasteiger partial charge in [0.1, 0.15) is 0 Å². The highest BCUT2D eigenvalue weighted by Gasteiger charge is 2.17. The number of esters is 3. The molecule has 0 radical (unpaired) electrons. The first-order chi connectivity index (χ1) is 15.4. The van der Waals surface area contributed by atoms with Crippen molar-refractivity contribution in [2.45, 2.75) is 12.8 Å². The Morgan fingerprint density at radius 1 is 0.906 bits per heavy atom. The molecule has 10 nitrogen and oxygen atoms in total. The lowest BCUT2D eigenvalue weighted by Gasteiger charge is -2.10. The van der Waals surface area contributed by atoms with Gasteiger partial charge in [-0.15, -0.1) is 0 Å². The van der Waals surface area contributed by atoms with Crippen molar-refractivity contribution >= 4 is 29.5 Å². The van der Waals surface area contributed by atoms with E-state index in [0.717, 1.165) is 5.56 Å². The molecule has 32 heavy (non-hydrogen) atoms. The van der Waals surface area contributed by atoms with Crippen molar-refractivity contribution < 1.29 is 42.9 Å². The molecule has 2 aromatic carbocycles. The zero-order valence-electron chi connectivity index (χ0n) is 17.5. The third-order valence-electron chi connectivity index (χ3n) is 4.48. The number of hydrogen-bond donors (Lipinski definition) is 1. The summed E-state index contributed by atoms with van der Waals surface area (Å²) in [4.78, 5) is 47.8. The predicted octanol–water partition coefficient (Wildman–Crippen LogP) is 2.10. The number of aryl methyl sites for hydroxylation is 1. The third-order valence-corrected chi connectivity index (χ3v) is 4.48. The first-order valence-electron chi connectivity index (χ1n) is 9.55. The number of benzene rings is 2. The molecule has 0 atom stereocenters. The highest BCUT2D eigenvalue weighted by molar-refractivity contribution is 6.00. The molecule has 3 rings (SSSR count). The number of hydrogen-bond acceptors (Lipinski definition) is 9. The highest BCUT2D eigenvalue weighted by Crippen LogP contribution is 2.32. The second-order valence-electron chi connectivity index (χ2n) is 6.68. The fourth-order valence-electron chi connectivity index (χ4n) is 2.93. The Bertz CT molecular complexity index is 1010. The average molecular weight is 443 g/mol. The second-order valence-corrected chi connectivity index (χ2v) is 6.68. The van der Waals surface area contributed by atoms with Gasteiger partial charge in [-0.25, -0.2) is 9.59 Å². The summed E-state index contributed by atoms with van der Waals surface area (Å²) < 4.78 is 24.8. The first kappa shape index (κ1) is 22.6. The fourth-order valence-corrected chi connectivity index (χ4v) is 2.93. The molecule has 0 bridgehead atoms. The van der Waals surface area contributed by atoms with Crippen LogP contribution in [-0.2, 0) is 30.2 Å². The summed E-state index contributed by atoms with van der Waals surface area (Å²) in [6.07, 6.45) is 0.470. The Morgan fingerprint density at radius 2 is 1.56 bits per heavy atom. The van der Waals surface area contributed by atoms with E-state index in [1.54, 1.807) is 12.1 Å². The Balaban J connectivity index is 1.53. The van der Waals surface area contributed by atoms with E-state index in [0.29, 0.717) is 17.9 Å². The van der Waals surface area contributed by atoms with Crippen LogP contribution in [0.15, 0.2) is 36.4 Å². The van der Waals surface area contributed by atoms with Gasteiger partial charge in [0.2, 0.25) is 6.79 Å². The normalized spacial score (nSPS) is 11.4. The van der Waals surface area contributed by atoms with E-state index >= 15 is 0 Å². The molecule has 1 aliphatic rings. The van der Waals surface area contributed by atoms with Crippen molar-refractivity contribution in [3.05, 3.63) is 53.1 Å². The quantitative estimate of drug-likeness (QED) is 0.482. The minimum Gasteiger partial charge on any atom is -0.465 e. The lowest BCUT2D eigenvalue weighted by atomic mass is 10.1. The molecular weight excluding hydrogens is 422 g/mol. The molecular formula is C22H21NO9. The first-order valence-corrected chi connectivity index (χ1v) is 9.55. The van der Waals surface area contributed by atoms with Gasteiger partial charge < -0.3 is 29.0 Å². The number of anilines is 1. The topological polar surface area (TPSA) is 126 Å². The van der Waals surface area contributed by atoms with Crippen LogP contribution in [0.25, 0.3) is 0 Å². The average Bonchev–Trinajstić information content (AvgIpc) is 3.28. The largest absolute Gasteiger partial charge is 0.465 e. The zero-order valence-corrected chi connectivity index (χ0v) is 17.5. The van der Waals surface area contributed by atoms with Gasteiger partial charge in [-0.2, -0.15) is 0 Å². The van der Waals surface area contributed by atoms with Crippen molar-refractivity contribution in [3.63, 3.8) is 0 Å². The van der Waals surface area contributed by atoms with Crippen LogP contribution < -0.4 is 14.8 Å². The van der Waals surface area contributed by atoms with Crippen LogP contribution in [0, 0.1) is 0 Å².